The summed E-state index contributed by atoms with van der Waals surface area (Å²) in [6.45, 7) is 0. The zero-order valence-corrected chi connectivity index (χ0v) is 10.8. The van der Waals surface area contributed by atoms with Crippen molar-refractivity contribution in [2.24, 2.45) is 7.05 Å². The van der Waals surface area contributed by atoms with Crippen LogP contribution in [-0.4, -0.2) is 20.9 Å². The summed E-state index contributed by atoms with van der Waals surface area (Å²) < 4.78 is 2.56. The van der Waals surface area contributed by atoms with Gasteiger partial charge in [0, 0.05) is 17.1 Å². The van der Waals surface area contributed by atoms with Crippen molar-refractivity contribution in [2.75, 3.05) is 0 Å². The zero-order valence-electron chi connectivity index (χ0n) is 9.22. The molecule has 1 aromatic carbocycles. The van der Waals surface area contributed by atoms with Crippen LogP contribution in [0.5, 0.6) is 0 Å². The van der Waals surface area contributed by atoms with Crippen LogP contribution in [0, 0.1) is 0 Å². The van der Waals surface area contributed by atoms with Crippen LogP contribution in [0.25, 0.3) is 11.1 Å². The van der Waals surface area contributed by atoms with Crippen LogP contribution in [0.1, 0.15) is 5.69 Å². The van der Waals surface area contributed by atoms with Gasteiger partial charge in [-0.05, 0) is 17.7 Å². The third kappa shape index (κ3) is 2.55. The molecular weight excluding hydrogens is 284 g/mol. The normalized spacial score (nSPS) is 10.5. The van der Waals surface area contributed by atoms with Gasteiger partial charge < -0.3 is 5.11 Å². The lowest BCUT2D eigenvalue weighted by atomic mass is 10.1. The molecule has 0 saturated heterocycles. The van der Waals surface area contributed by atoms with Crippen molar-refractivity contribution < 1.29 is 9.90 Å². The Morgan fingerprint density at radius 1 is 1.53 bits per heavy atom. The second kappa shape index (κ2) is 4.71. The van der Waals surface area contributed by atoms with E-state index >= 15 is 0 Å². The van der Waals surface area contributed by atoms with Gasteiger partial charge in [0.25, 0.3) is 0 Å². The maximum absolute atomic E-state index is 10.8. The van der Waals surface area contributed by atoms with E-state index in [0.29, 0.717) is 5.69 Å². The van der Waals surface area contributed by atoms with Gasteiger partial charge in [-0.1, -0.05) is 28.1 Å². The minimum Gasteiger partial charge on any atom is -0.481 e. The molecule has 1 heterocycles. The molecule has 0 unspecified atom stereocenters. The Labute approximate surface area is 107 Å². The van der Waals surface area contributed by atoms with Gasteiger partial charge >= 0.3 is 5.97 Å². The topological polar surface area (TPSA) is 55.1 Å². The Kier molecular flexibility index (Phi) is 3.28. The number of aromatic nitrogens is 2. The Bertz CT molecular complexity index is 563. The van der Waals surface area contributed by atoms with Gasteiger partial charge in [-0.15, -0.1) is 0 Å². The molecule has 0 amide bonds. The third-order valence-electron chi connectivity index (χ3n) is 2.52. The molecule has 0 aliphatic heterocycles. The molecule has 0 fully saturated rings. The van der Waals surface area contributed by atoms with Crippen molar-refractivity contribution in [2.45, 2.75) is 6.42 Å². The summed E-state index contributed by atoms with van der Waals surface area (Å²) in [5.41, 5.74) is 2.52. The van der Waals surface area contributed by atoms with Gasteiger partial charge in [-0.2, -0.15) is 5.10 Å². The highest BCUT2D eigenvalue weighted by Crippen LogP contribution is 2.26. The maximum Gasteiger partial charge on any atom is 0.309 e. The van der Waals surface area contributed by atoms with Crippen molar-refractivity contribution in [3.63, 3.8) is 0 Å². The van der Waals surface area contributed by atoms with Gasteiger partial charge in [-0.25, -0.2) is 0 Å². The first-order valence-electron chi connectivity index (χ1n) is 5.06. The molecule has 2 aromatic rings. The van der Waals surface area contributed by atoms with Gasteiger partial charge in [0.15, 0.2) is 0 Å². The Morgan fingerprint density at radius 2 is 2.29 bits per heavy atom. The van der Waals surface area contributed by atoms with E-state index in [0.717, 1.165) is 15.6 Å². The van der Waals surface area contributed by atoms with E-state index in [1.807, 2.05) is 24.3 Å². The minimum atomic E-state index is -0.857. The maximum atomic E-state index is 10.8. The first kappa shape index (κ1) is 11.9. The second-order valence-corrected chi connectivity index (χ2v) is 4.63. The highest BCUT2D eigenvalue weighted by molar-refractivity contribution is 9.10. The summed E-state index contributed by atoms with van der Waals surface area (Å²) in [5, 5.41) is 13.0. The SMILES string of the molecule is Cn1ncc(-c2cccc(Br)c2)c1CC(=O)O. The molecule has 0 radical (unpaired) electrons. The lowest BCUT2D eigenvalue weighted by Gasteiger charge is -2.04. The van der Waals surface area contributed by atoms with Crippen LogP contribution in [0.4, 0.5) is 0 Å². The van der Waals surface area contributed by atoms with Crippen molar-refractivity contribution in [3.8, 4) is 11.1 Å². The van der Waals surface area contributed by atoms with E-state index in [2.05, 4.69) is 21.0 Å². The minimum absolute atomic E-state index is 0.0294. The molecule has 4 nitrogen and oxygen atoms in total. The summed E-state index contributed by atoms with van der Waals surface area (Å²) in [7, 11) is 1.75. The Balaban J connectivity index is 2.48. The molecule has 0 saturated carbocycles. The van der Waals surface area contributed by atoms with Crippen LogP contribution in [0.3, 0.4) is 0 Å². The van der Waals surface area contributed by atoms with Crippen LogP contribution in [-0.2, 0) is 18.3 Å². The van der Waals surface area contributed by atoms with Crippen LogP contribution in [0.15, 0.2) is 34.9 Å². The van der Waals surface area contributed by atoms with Crippen LogP contribution < -0.4 is 0 Å². The summed E-state index contributed by atoms with van der Waals surface area (Å²) in [4.78, 5) is 10.8. The fourth-order valence-electron chi connectivity index (χ4n) is 1.71. The molecule has 0 aliphatic rings. The Hall–Kier alpha value is -1.62. The number of aryl methyl sites for hydroxylation is 1. The molecule has 0 atom stereocenters. The molecule has 88 valence electrons. The smallest absolute Gasteiger partial charge is 0.309 e. The first-order valence-corrected chi connectivity index (χ1v) is 5.86. The Morgan fingerprint density at radius 3 is 2.94 bits per heavy atom. The number of carbonyl (C=O) groups is 1. The first-order chi connectivity index (χ1) is 8.08. The molecule has 0 spiro atoms. The molecule has 1 N–H and O–H groups in total. The lowest BCUT2D eigenvalue weighted by molar-refractivity contribution is -0.136. The summed E-state index contributed by atoms with van der Waals surface area (Å²) in [6, 6.07) is 7.73. The van der Waals surface area contributed by atoms with Crippen LogP contribution in [0.2, 0.25) is 0 Å². The van der Waals surface area contributed by atoms with E-state index in [1.165, 1.54) is 0 Å². The van der Waals surface area contributed by atoms with E-state index in [9.17, 15) is 4.79 Å². The number of benzene rings is 1. The van der Waals surface area contributed by atoms with Gasteiger partial charge in [0.2, 0.25) is 0 Å². The van der Waals surface area contributed by atoms with Crippen LogP contribution >= 0.6 is 15.9 Å². The molecule has 5 heteroatoms. The molecule has 2 rings (SSSR count). The predicted molar refractivity (Wildman–Crippen MR) is 67.7 cm³/mol. The molecule has 0 bridgehead atoms. The van der Waals surface area contributed by atoms with Crippen molar-refractivity contribution in [1.82, 2.24) is 9.78 Å². The average molecular weight is 295 g/mol. The largest absolute Gasteiger partial charge is 0.481 e. The quantitative estimate of drug-likeness (QED) is 0.946. The van der Waals surface area contributed by atoms with E-state index in [4.69, 9.17) is 5.11 Å². The highest BCUT2D eigenvalue weighted by atomic mass is 79.9. The molecule has 17 heavy (non-hydrogen) atoms. The number of carboxylic acids is 1. The fraction of sp³-hybridized carbons (Fsp3) is 0.167. The lowest BCUT2D eigenvalue weighted by Crippen LogP contribution is -2.07. The monoisotopic (exact) mass is 294 g/mol. The molecule has 0 aliphatic carbocycles. The predicted octanol–water partition coefficient (Wildman–Crippen LogP) is 2.48. The van der Waals surface area contributed by atoms with Gasteiger partial charge in [0.05, 0.1) is 18.3 Å². The molecule has 1 aromatic heterocycles. The molecular formula is C12H11BrN2O2. The second-order valence-electron chi connectivity index (χ2n) is 3.71. The van der Waals surface area contributed by atoms with Crippen molar-refractivity contribution in [1.29, 1.82) is 0 Å². The average Bonchev–Trinajstić information content (AvgIpc) is 2.60. The number of hydrogen-bond donors (Lipinski definition) is 1. The van der Waals surface area contributed by atoms with Gasteiger partial charge in [0.1, 0.15) is 0 Å². The highest BCUT2D eigenvalue weighted by Gasteiger charge is 2.13. The number of halogens is 1. The van der Waals surface area contributed by atoms with E-state index in [-0.39, 0.29) is 6.42 Å². The van der Waals surface area contributed by atoms with Crippen molar-refractivity contribution in [3.05, 3.63) is 40.6 Å². The summed E-state index contributed by atoms with van der Waals surface area (Å²) >= 11 is 3.40. The third-order valence-corrected chi connectivity index (χ3v) is 3.01. The summed E-state index contributed by atoms with van der Waals surface area (Å²) in [5.74, 6) is -0.857. The zero-order chi connectivity index (χ0) is 12.4. The van der Waals surface area contributed by atoms with E-state index in [1.54, 1.807) is 17.9 Å². The summed E-state index contributed by atoms with van der Waals surface area (Å²) in [6.07, 6.45) is 1.67. The van der Waals surface area contributed by atoms with Crippen molar-refractivity contribution >= 4 is 21.9 Å². The standard InChI is InChI=1S/C12H11BrN2O2/c1-15-11(6-12(16)17)10(7-14-15)8-3-2-4-9(13)5-8/h2-5,7H,6H2,1H3,(H,16,17). The number of rotatable bonds is 3. The number of nitrogens with zero attached hydrogens (tertiary/aromatic N) is 2. The van der Waals surface area contributed by atoms with Gasteiger partial charge in [-0.3, -0.25) is 9.48 Å². The van der Waals surface area contributed by atoms with E-state index < -0.39 is 5.97 Å². The fourth-order valence-corrected chi connectivity index (χ4v) is 2.11. The number of hydrogen-bond acceptors (Lipinski definition) is 2. The number of aliphatic carboxylic acids is 1. The number of carboxylic acid groups (broad SMARTS) is 1.